The number of halogens is 2. The van der Waals surface area contributed by atoms with Crippen molar-refractivity contribution in [2.45, 2.75) is 44.5 Å². The number of alkyl halides is 1. The van der Waals surface area contributed by atoms with Gasteiger partial charge in [-0.05, 0) is 32.9 Å². The highest BCUT2D eigenvalue weighted by molar-refractivity contribution is 6.21. The number of rotatable bonds is 6. The smallest absolute Gasteiger partial charge is 0.255 e. The molecule has 8 nitrogen and oxygen atoms in total. The number of nitrogen functional groups attached to an aromatic ring is 1. The second kappa shape index (κ2) is 9.03. The number of nitrogens with zero attached hydrogens (tertiary/aromatic N) is 1. The first-order valence-electron chi connectivity index (χ1n) is 9.47. The molecule has 3 atom stereocenters. The molecule has 0 saturated carbocycles. The normalized spacial score (nSPS) is 21.0. The van der Waals surface area contributed by atoms with E-state index in [1.165, 1.54) is 19.2 Å². The summed E-state index contributed by atoms with van der Waals surface area (Å²) in [4.78, 5) is 17.1. The van der Waals surface area contributed by atoms with Gasteiger partial charge in [0.1, 0.15) is 28.6 Å². The van der Waals surface area contributed by atoms with Gasteiger partial charge in [-0.15, -0.1) is 11.6 Å². The van der Waals surface area contributed by atoms with Gasteiger partial charge in [0.25, 0.3) is 5.91 Å². The predicted octanol–water partition coefficient (Wildman–Crippen LogP) is 2.43. The van der Waals surface area contributed by atoms with Crippen molar-refractivity contribution < 1.29 is 18.7 Å². The lowest BCUT2D eigenvalue weighted by Gasteiger charge is -2.21. The molecule has 0 bridgehead atoms. The second-order valence-electron chi connectivity index (χ2n) is 7.29. The van der Waals surface area contributed by atoms with Crippen molar-refractivity contribution in [2.24, 2.45) is 0 Å². The lowest BCUT2D eigenvalue weighted by molar-refractivity contribution is 0.0928. The van der Waals surface area contributed by atoms with Crippen LogP contribution in [0.5, 0.6) is 11.5 Å². The van der Waals surface area contributed by atoms with Crippen molar-refractivity contribution in [3.63, 3.8) is 0 Å². The molecule has 1 aromatic carbocycles. The van der Waals surface area contributed by atoms with Crippen molar-refractivity contribution in [3.8, 4) is 22.8 Å². The number of aromatic nitrogens is 1. The Kier molecular flexibility index (Phi) is 6.64. The minimum absolute atomic E-state index is 0.0591. The fourth-order valence-corrected chi connectivity index (χ4v) is 3.48. The fourth-order valence-electron chi connectivity index (χ4n) is 3.13. The zero-order chi connectivity index (χ0) is 22.0. The maximum absolute atomic E-state index is 15.0. The Hall–Kier alpha value is -2.62. The van der Waals surface area contributed by atoms with E-state index in [1.54, 1.807) is 6.07 Å². The fraction of sp³-hybridized carbons (Fsp3) is 0.400. The SMILES string of the molecule is COc1cc(N)nc(-c2cc(OC(C)C)c(C(=O)NC3C(C)NNC3Cl)cc2F)c1. The first-order valence-corrected chi connectivity index (χ1v) is 9.91. The van der Waals surface area contributed by atoms with Crippen LogP contribution in [0.2, 0.25) is 0 Å². The summed E-state index contributed by atoms with van der Waals surface area (Å²) in [5.74, 6) is -0.301. The van der Waals surface area contributed by atoms with Crippen LogP contribution in [-0.2, 0) is 0 Å². The van der Waals surface area contributed by atoms with Gasteiger partial charge in [0.2, 0.25) is 0 Å². The van der Waals surface area contributed by atoms with Crippen LogP contribution in [0, 0.1) is 5.82 Å². The number of pyridine rings is 1. The van der Waals surface area contributed by atoms with E-state index in [2.05, 4.69) is 21.2 Å². The summed E-state index contributed by atoms with van der Waals surface area (Å²) in [6.07, 6.45) is -0.243. The molecule has 3 unspecified atom stereocenters. The zero-order valence-electron chi connectivity index (χ0n) is 17.1. The van der Waals surface area contributed by atoms with Gasteiger partial charge in [0.05, 0.1) is 30.5 Å². The lowest BCUT2D eigenvalue weighted by Crippen LogP contribution is -2.45. The van der Waals surface area contributed by atoms with Gasteiger partial charge in [0.15, 0.2) is 0 Å². The van der Waals surface area contributed by atoms with Gasteiger partial charge in [-0.1, -0.05) is 0 Å². The molecule has 1 saturated heterocycles. The number of carbonyl (C=O) groups excluding carboxylic acids is 1. The van der Waals surface area contributed by atoms with E-state index in [1.807, 2.05) is 20.8 Å². The first-order chi connectivity index (χ1) is 14.2. The number of hydrogen-bond acceptors (Lipinski definition) is 7. The van der Waals surface area contributed by atoms with Gasteiger partial charge in [-0.25, -0.2) is 14.8 Å². The molecule has 0 radical (unpaired) electrons. The quantitative estimate of drug-likeness (QED) is 0.405. The van der Waals surface area contributed by atoms with Gasteiger partial charge in [0, 0.05) is 23.7 Å². The predicted molar refractivity (Wildman–Crippen MR) is 113 cm³/mol. The lowest BCUT2D eigenvalue weighted by atomic mass is 10.0. The average molecular weight is 438 g/mol. The van der Waals surface area contributed by atoms with E-state index in [9.17, 15) is 4.79 Å². The molecular formula is C20H25ClFN5O3. The van der Waals surface area contributed by atoms with Crippen LogP contribution in [0.15, 0.2) is 24.3 Å². The number of benzene rings is 1. The molecule has 0 aliphatic carbocycles. The molecule has 2 heterocycles. The van der Waals surface area contributed by atoms with Gasteiger partial charge in [-0.3, -0.25) is 10.2 Å². The molecule has 3 rings (SSSR count). The number of carbonyl (C=O) groups is 1. The summed E-state index contributed by atoms with van der Waals surface area (Å²) in [5.41, 5.74) is 11.6. The molecule has 30 heavy (non-hydrogen) atoms. The first kappa shape index (κ1) is 22.1. The second-order valence-corrected chi connectivity index (χ2v) is 7.76. The number of hydrazine groups is 1. The highest BCUT2D eigenvalue weighted by Crippen LogP contribution is 2.32. The molecular weight excluding hydrogens is 413 g/mol. The highest BCUT2D eigenvalue weighted by atomic mass is 35.5. The van der Waals surface area contributed by atoms with Gasteiger partial charge >= 0.3 is 0 Å². The Morgan fingerprint density at radius 2 is 2.03 bits per heavy atom. The molecule has 162 valence electrons. The van der Waals surface area contributed by atoms with Crippen molar-refractivity contribution >= 4 is 23.3 Å². The highest BCUT2D eigenvalue weighted by Gasteiger charge is 2.33. The van der Waals surface area contributed by atoms with Crippen molar-refractivity contribution in [1.29, 1.82) is 0 Å². The molecule has 1 amide bonds. The van der Waals surface area contributed by atoms with Gasteiger partial charge < -0.3 is 20.5 Å². The third-order valence-electron chi connectivity index (χ3n) is 4.61. The Morgan fingerprint density at radius 1 is 1.30 bits per heavy atom. The van der Waals surface area contributed by atoms with Crippen LogP contribution in [-0.4, -0.2) is 41.7 Å². The van der Waals surface area contributed by atoms with Crippen molar-refractivity contribution in [1.82, 2.24) is 21.2 Å². The topological polar surface area (TPSA) is 111 Å². The summed E-state index contributed by atoms with van der Waals surface area (Å²) in [6, 6.07) is 5.15. The van der Waals surface area contributed by atoms with E-state index in [4.69, 9.17) is 26.8 Å². The molecule has 10 heteroatoms. The third kappa shape index (κ3) is 4.75. The molecule has 0 spiro atoms. The monoisotopic (exact) mass is 437 g/mol. The van der Waals surface area contributed by atoms with Crippen molar-refractivity contribution in [3.05, 3.63) is 35.6 Å². The number of nitrogens with one attached hydrogen (secondary N) is 3. The maximum atomic E-state index is 15.0. The minimum Gasteiger partial charge on any atom is -0.497 e. The average Bonchev–Trinajstić information content (AvgIpc) is 3.00. The van der Waals surface area contributed by atoms with Crippen molar-refractivity contribution in [2.75, 3.05) is 12.8 Å². The summed E-state index contributed by atoms with van der Waals surface area (Å²) in [6.45, 7) is 5.50. The molecule has 1 aliphatic heterocycles. The molecule has 1 aliphatic rings. The molecule has 1 fully saturated rings. The van der Waals surface area contributed by atoms with Crippen LogP contribution in [0.1, 0.15) is 31.1 Å². The van der Waals surface area contributed by atoms with E-state index in [0.717, 1.165) is 6.07 Å². The Morgan fingerprint density at radius 3 is 2.63 bits per heavy atom. The van der Waals surface area contributed by atoms with E-state index >= 15 is 4.39 Å². The molecule has 2 aromatic rings. The van der Waals surface area contributed by atoms with E-state index in [-0.39, 0.29) is 40.5 Å². The zero-order valence-corrected chi connectivity index (χ0v) is 17.9. The number of ether oxygens (including phenoxy) is 2. The number of amides is 1. The van der Waals surface area contributed by atoms with Gasteiger partial charge in [-0.2, -0.15) is 0 Å². The Bertz CT molecular complexity index is 933. The van der Waals surface area contributed by atoms with Crippen LogP contribution in [0.25, 0.3) is 11.3 Å². The standard InChI is InChI=1S/C20H25ClFN5O3/c1-9(2)30-16-8-12(15-5-11(29-4)6-17(23)24-15)14(22)7-13(16)20(28)25-18-10(3)26-27-19(18)21/h5-10,18-19,26-27H,1-4H3,(H2,23,24)(H,25,28). The van der Waals surface area contributed by atoms with E-state index < -0.39 is 23.3 Å². The Labute approximate surface area is 179 Å². The number of hydrogen-bond donors (Lipinski definition) is 4. The summed E-state index contributed by atoms with van der Waals surface area (Å²) in [5, 5.41) is 2.82. The number of anilines is 1. The minimum atomic E-state index is -0.644. The third-order valence-corrected chi connectivity index (χ3v) is 4.99. The summed E-state index contributed by atoms with van der Waals surface area (Å²) >= 11 is 6.18. The largest absolute Gasteiger partial charge is 0.497 e. The van der Waals surface area contributed by atoms with E-state index in [0.29, 0.717) is 5.75 Å². The molecule has 1 aromatic heterocycles. The Balaban J connectivity index is 2.01. The van der Waals surface area contributed by atoms with Crippen LogP contribution in [0.3, 0.4) is 0 Å². The summed E-state index contributed by atoms with van der Waals surface area (Å²) < 4.78 is 26.0. The van der Waals surface area contributed by atoms with Crippen LogP contribution in [0.4, 0.5) is 10.2 Å². The summed E-state index contributed by atoms with van der Waals surface area (Å²) in [7, 11) is 1.48. The van der Waals surface area contributed by atoms with Crippen LogP contribution < -0.4 is 31.4 Å². The van der Waals surface area contributed by atoms with Crippen LogP contribution >= 0.6 is 11.6 Å². The number of nitrogens with two attached hydrogens (primary N) is 1. The number of methoxy groups -OCH3 is 1. The molecule has 5 N–H and O–H groups in total. The maximum Gasteiger partial charge on any atom is 0.255 e.